The number of rotatable bonds is 6. The quantitative estimate of drug-likeness (QED) is 0.734. The molecule has 0 saturated heterocycles. The minimum absolute atomic E-state index is 0.0833. The highest BCUT2D eigenvalue weighted by Crippen LogP contribution is 2.11. The zero-order valence-electron chi connectivity index (χ0n) is 11.5. The van der Waals surface area contributed by atoms with Gasteiger partial charge in [0.25, 0.3) is 5.91 Å². The number of nitrogens with one attached hydrogen (secondary N) is 2. The fourth-order valence-corrected chi connectivity index (χ4v) is 1.38. The smallest absolute Gasteiger partial charge is 0.305 e. The van der Waals surface area contributed by atoms with Crippen LogP contribution in [0.2, 0.25) is 0 Å². The molecule has 0 atom stereocenters. The third kappa shape index (κ3) is 5.09. The molecule has 0 fully saturated rings. The van der Waals surface area contributed by atoms with Crippen LogP contribution in [0.4, 0.5) is 5.69 Å². The van der Waals surface area contributed by atoms with Crippen molar-refractivity contribution in [2.75, 3.05) is 11.9 Å². The topological polar surface area (TPSA) is 95.5 Å². The van der Waals surface area contributed by atoms with Gasteiger partial charge in [-0.15, -0.1) is 0 Å². The van der Waals surface area contributed by atoms with Gasteiger partial charge in [-0.1, -0.05) is 13.8 Å². The highest BCUT2D eigenvalue weighted by molar-refractivity contribution is 5.96. The van der Waals surface area contributed by atoms with E-state index in [0.29, 0.717) is 11.3 Å². The number of carboxylic acids is 1. The van der Waals surface area contributed by atoms with Gasteiger partial charge in [0.05, 0.1) is 6.42 Å². The number of carbonyl (C=O) groups is 3. The summed E-state index contributed by atoms with van der Waals surface area (Å²) in [7, 11) is 0. The van der Waals surface area contributed by atoms with Crippen LogP contribution in [0.1, 0.15) is 30.6 Å². The number of carboxylic acid groups (broad SMARTS) is 1. The highest BCUT2D eigenvalue weighted by Gasteiger charge is 2.09. The summed E-state index contributed by atoms with van der Waals surface area (Å²) < 4.78 is 0. The van der Waals surface area contributed by atoms with Gasteiger partial charge in [0.2, 0.25) is 5.91 Å². The molecule has 1 aromatic carbocycles. The molecule has 0 radical (unpaired) electrons. The van der Waals surface area contributed by atoms with Crippen LogP contribution >= 0.6 is 0 Å². The van der Waals surface area contributed by atoms with Crippen molar-refractivity contribution in [1.82, 2.24) is 5.32 Å². The summed E-state index contributed by atoms with van der Waals surface area (Å²) >= 11 is 0. The SMILES string of the molecule is CC(C)C(=O)Nc1ccc(C(=O)NCCC(=O)O)cc1. The third-order valence-electron chi connectivity index (χ3n) is 2.56. The summed E-state index contributed by atoms with van der Waals surface area (Å²) in [6.07, 6.45) is -0.117. The molecular formula is C14H18N2O4. The number of hydrogen-bond donors (Lipinski definition) is 3. The van der Waals surface area contributed by atoms with Gasteiger partial charge in [-0.25, -0.2) is 0 Å². The largest absolute Gasteiger partial charge is 0.481 e. The molecule has 2 amide bonds. The molecule has 6 heteroatoms. The second-order valence-corrected chi connectivity index (χ2v) is 4.62. The second-order valence-electron chi connectivity index (χ2n) is 4.62. The van der Waals surface area contributed by atoms with Crippen LogP contribution in [-0.2, 0) is 9.59 Å². The number of carbonyl (C=O) groups excluding carboxylic acids is 2. The molecule has 0 saturated carbocycles. The van der Waals surface area contributed by atoms with Crippen molar-refractivity contribution in [3.8, 4) is 0 Å². The van der Waals surface area contributed by atoms with Gasteiger partial charge >= 0.3 is 5.97 Å². The standard InChI is InChI=1S/C14H18N2O4/c1-9(2)13(19)16-11-5-3-10(4-6-11)14(20)15-8-7-12(17)18/h3-6,9H,7-8H2,1-2H3,(H,15,20)(H,16,19)(H,17,18). The van der Waals surface area contributed by atoms with Crippen LogP contribution in [0, 0.1) is 5.92 Å². The van der Waals surface area contributed by atoms with E-state index in [1.807, 2.05) is 0 Å². The van der Waals surface area contributed by atoms with Crippen LogP contribution in [0.25, 0.3) is 0 Å². The van der Waals surface area contributed by atoms with Crippen molar-refractivity contribution in [2.45, 2.75) is 20.3 Å². The lowest BCUT2D eigenvalue weighted by atomic mass is 10.1. The predicted octanol–water partition coefficient (Wildman–Crippen LogP) is 1.49. The Kier molecular flexibility index (Phi) is 5.71. The number of hydrogen-bond acceptors (Lipinski definition) is 3. The highest BCUT2D eigenvalue weighted by atomic mass is 16.4. The molecule has 6 nitrogen and oxygen atoms in total. The van der Waals surface area contributed by atoms with Crippen molar-refractivity contribution < 1.29 is 19.5 Å². The predicted molar refractivity (Wildman–Crippen MR) is 74.5 cm³/mol. The van der Waals surface area contributed by atoms with Crippen molar-refractivity contribution >= 4 is 23.5 Å². The normalized spacial score (nSPS) is 10.2. The molecule has 1 aromatic rings. The molecule has 20 heavy (non-hydrogen) atoms. The summed E-state index contributed by atoms with van der Waals surface area (Å²) in [5, 5.41) is 13.7. The van der Waals surface area contributed by atoms with Gasteiger partial charge in [0, 0.05) is 23.7 Å². The summed E-state index contributed by atoms with van der Waals surface area (Å²) in [6.45, 7) is 3.67. The summed E-state index contributed by atoms with van der Waals surface area (Å²) in [5.41, 5.74) is 1.03. The van der Waals surface area contributed by atoms with Crippen LogP contribution in [0.5, 0.6) is 0 Å². The molecule has 0 bridgehead atoms. The van der Waals surface area contributed by atoms with Crippen LogP contribution in [-0.4, -0.2) is 29.4 Å². The Bertz CT molecular complexity index is 494. The molecule has 0 unspecified atom stereocenters. The van der Waals surface area contributed by atoms with Gasteiger partial charge in [-0.2, -0.15) is 0 Å². The number of benzene rings is 1. The van der Waals surface area contributed by atoms with E-state index in [-0.39, 0.29) is 30.7 Å². The monoisotopic (exact) mass is 278 g/mol. The minimum Gasteiger partial charge on any atom is -0.481 e. The maximum Gasteiger partial charge on any atom is 0.305 e. The molecule has 0 aromatic heterocycles. The molecule has 0 aliphatic heterocycles. The summed E-state index contributed by atoms with van der Waals surface area (Å²) in [5.74, 6) is -1.51. The Labute approximate surface area is 117 Å². The number of amides is 2. The molecule has 3 N–H and O–H groups in total. The van der Waals surface area contributed by atoms with Gasteiger partial charge in [-0.3, -0.25) is 14.4 Å². The lowest BCUT2D eigenvalue weighted by molar-refractivity contribution is -0.136. The fraction of sp³-hybridized carbons (Fsp3) is 0.357. The molecule has 0 heterocycles. The summed E-state index contributed by atoms with van der Waals surface area (Å²) in [6, 6.07) is 6.41. The van der Waals surface area contributed by atoms with Gasteiger partial charge < -0.3 is 15.7 Å². The zero-order chi connectivity index (χ0) is 15.1. The molecule has 1 rings (SSSR count). The molecule has 0 aliphatic carbocycles. The Hall–Kier alpha value is -2.37. The maximum atomic E-state index is 11.7. The van der Waals surface area contributed by atoms with Gasteiger partial charge in [0.15, 0.2) is 0 Å². The van der Waals surface area contributed by atoms with Crippen LogP contribution in [0.15, 0.2) is 24.3 Å². The number of anilines is 1. The molecule has 0 aliphatic rings. The van der Waals surface area contributed by atoms with Crippen LogP contribution in [0.3, 0.4) is 0 Å². The van der Waals surface area contributed by atoms with Crippen molar-refractivity contribution in [1.29, 1.82) is 0 Å². The van der Waals surface area contributed by atoms with E-state index in [1.54, 1.807) is 38.1 Å². The zero-order valence-corrected chi connectivity index (χ0v) is 11.5. The van der Waals surface area contributed by atoms with E-state index < -0.39 is 5.97 Å². The van der Waals surface area contributed by atoms with Crippen molar-refractivity contribution in [2.24, 2.45) is 5.92 Å². The van der Waals surface area contributed by atoms with Gasteiger partial charge in [0.1, 0.15) is 0 Å². The van der Waals surface area contributed by atoms with Crippen molar-refractivity contribution in [3.05, 3.63) is 29.8 Å². The van der Waals surface area contributed by atoms with E-state index in [2.05, 4.69) is 10.6 Å². The van der Waals surface area contributed by atoms with E-state index in [9.17, 15) is 14.4 Å². The van der Waals surface area contributed by atoms with E-state index in [1.165, 1.54) is 0 Å². The Balaban J connectivity index is 2.55. The average molecular weight is 278 g/mol. The second kappa shape index (κ2) is 7.28. The number of aliphatic carboxylic acids is 1. The molecular weight excluding hydrogens is 260 g/mol. The van der Waals surface area contributed by atoms with E-state index in [0.717, 1.165) is 0 Å². The maximum absolute atomic E-state index is 11.7. The lowest BCUT2D eigenvalue weighted by Gasteiger charge is -2.08. The lowest BCUT2D eigenvalue weighted by Crippen LogP contribution is -2.26. The first-order valence-corrected chi connectivity index (χ1v) is 6.31. The molecule has 108 valence electrons. The van der Waals surface area contributed by atoms with E-state index in [4.69, 9.17) is 5.11 Å². The third-order valence-corrected chi connectivity index (χ3v) is 2.56. The average Bonchev–Trinajstić information content (AvgIpc) is 2.38. The first kappa shape index (κ1) is 15.7. The van der Waals surface area contributed by atoms with Crippen LogP contribution < -0.4 is 10.6 Å². The Morgan fingerprint density at radius 3 is 2.25 bits per heavy atom. The Morgan fingerprint density at radius 2 is 1.75 bits per heavy atom. The molecule has 0 spiro atoms. The Morgan fingerprint density at radius 1 is 1.15 bits per heavy atom. The first-order chi connectivity index (χ1) is 9.40. The first-order valence-electron chi connectivity index (χ1n) is 6.31. The van der Waals surface area contributed by atoms with Gasteiger partial charge in [-0.05, 0) is 24.3 Å². The van der Waals surface area contributed by atoms with Crippen molar-refractivity contribution in [3.63, 3.8) is 0 Å². The minimum atomic E-state index is -0.961. The fourth-order valence-electron chi connectivity index (χ4n) is 1.38. The van der Waals surface area contributed by atoms with E-state index >= 15 is 0 Å². The summed E-state index contributed by atoms with van der Waals surface area (Å²) in [4.78, 5) is 33.5.